The van der Waals surface area contributed by atoms with Crippen LogP contribution in [0.5, 0.6) is 11.5 Å². The molecule has 12 heteroatoms. The molecule has 0 spiro atoms. The van der Waals surface area contributed by atoms with Crippen LogP contribution >= 0.6 is 0 Å². The summed E-state index contributed by atoms with van der Waals surface area (Å²) < 4.78 is 48.8. The second kappa shape index (κ2) is 11.2. The molecule has 0 unspecified atom stereocenters. The van der Waals surface area contributed by atoms with Crippen molar-refractivity contribution in [3.8, 4) is 11.5 Å². The molecule has 3 aromatic rings. The molecule has 192 valence electrons. The Labute approximate surface area is 208 Å². The van der Waals surface area contributed by atoms with Crippen LogP contribution in [-0.2, 0) is 11.0 Å². The predicted octanol–water partition coefficient (Wildman–Crippen LogP) is 3.97. The molecule has 3 aromatic carbocycles. The first-order valence-corrected chi connectivity index (χ1v) is 10.5. The first-order chi connectivity index (χ1) is 17.5. The van der Waals surface area contributed by atoms with E-state index in [1.54, 1.807) is 0 Å². The van der Waals surface area contributed by atoms with Crippen molar-refractivity contribution in [3.63, 3.8) is 0 Å². The second-order valence-corrected chi connectivity index (χ2v) is 7.48. The fraction of sp³-hybridized carbons (Fsp3) is 0.120. The fourth-order valence-corrected chi connectivity index (χ4v) is 3.08. The van der Waals surface area contributed by atoms with Gasteiger partial charge in [0.25, 0.3) is 17.7 Å². The number of rotatable bonds is 6. The Bertz CT molecular complexity index is 1360. The highest BCUT2D eigenvalue weighted by atomic mass is 19.4. The van der Waals surface area contributed by atoms with E-state index in [4.69, 9.17) is 9.47 Å². The fourth-order valence-electron chi connectivity index (χ4n) is 3.08. The summed E-state index contributed by atoms with van der Waals surface area (Å²) in [5.74, 6) is -2.57. The summed E-state index contributed by atoms with van der Waals surface area (Å²) >= 11 is 0. The topological polar surface area (TPSA) is 123 Å². The summed E-state index contributed by atoms with van der Waals surface area (Å²) in [6.45, 7) is 1.21. The third-order valence-corrected chi connectivity index (χ3v) is 4.80. The zero-order valence-electron chi connectivity index (χ0n) is 19.4. The number of carbonyl (C=O) groups excluding carboxylic acids is 4. The van der Waals surface area contributed by atoms with E-state index < -0.39 is 35.4 Å². The number of esters is 1. The molecule has 9 nitrogen and oxygen atoms in total. The number of amides is 3. The van der Waals surface area contributed by atoms with Gasteiger partial charge in [-0.3, -0.25) is 30.0 Å². The third kappa shape index (κ3) is 7.07. The van der Waals surface area contributed by atoms with Gasteiger partial charge in [-0.1, -0.05) is 12.1 Å². The van der Waals surface area contributed by atoms with Crippen LogP contribution in [-0.4, -0.2) is 30.8 Å². The Kier molecular flexibility index (Phi) is 8.12. The number of halogens is 3. The highest BCUT2D eigenvalue weighted by molar-refractivity contribution is 6.05. The molecular weight excluding hydrogens is 495 g/mol. The van der Waals surface area contributed by atoms with Crippen molar-refractivity contribution < 1.29 is 41.8 Å². The van der Waals surface area contributed by atoms with Gasteiger partial charge < -0.3 is 14.8 Å². The number of nitrogens with one attached hydrogen (secondary N) is 3. The SMILES string of the molecule is COc1cc(C(=O)NNC(=O)c2cccc(NC(=O)c3cccc(C(F)(F)F)c3)c2)ccc1OC(C)=O. The quantitative estimate of drug-likeness (QED) is 0.260. The minimum atomic E-state index is -4.60. The molecule has 0 heterocycles. The molecule has 0 fully saturated rings. The van der Waals surface area contributed by atoms with Gasteiger partial charge in [0, 0.05) is 29.3 Å². The lowest BCUT2D eigenvalue weighted by Crippen LogP contribution is -2.41. The van der Waals surface area contributed by atoms with Crippen LogP contribution in [0.4, 0.5) is 18.9 Å². The van der Waals surface area contributed by atoms with Crippen LogP contribution in [0, 0.1) is 0 Å². The smallest absolute Gasteiger partial charge is 0.416 e. The molecule has 0 bridgehead atoms. The van der Waals surface area contributed by atoms with Gasteiger partial charge in [-0.15, -0.1) is 0 Å². The summed E-state index contributed by atoms with van der Waals surface area (Å²) in [4.78, 5) is 48.5. The maximum Gasteiger partial charge on any atom is 0.416 e. The van der Waals surface area contributed by atoms with Crippen molar-refractivity contribution in [1.82, 2.24) is 10.9 Å². The zero-order valence-corrected chi connectivity index (χ0v) is 19.4. The molecule has 3 amide bonds. The Morgan fingerprint density at radius 2 is 1.32 bits per heavy atom. The average molecular weight is 515 g/mol. The zero-order chi connectivity index (χ0) is 27.2. The number of hydrazine groups is 1. The van der Waals surface area contributed by atoms with E-state index in [0.717, 1.165) is 18.2 Å². The molecule has 3 rings (SSSR count). The molecule has 3 N–H and O–H groups in total. The van der Waals surface area contributed by atoms with Crippen molar-refractivity contribution in [3.05, 3.63) is 89.0 Å². The van der Waals surface area contributed by atoms with E-state index in [-0.39, 0.29) is 33.9 Å². The van der Waals surface area contributed by atoms with Gasteiger partial charge in [-0.25, -0.2) is 0 Å². The second-order valence-electron chi connectivity index (χ2n) is 7.48. The van der Waals surface area contributed by atoms with E-state index >= 15 is 0 Å². The van der Waals surface area contributed by atoms with E-state index in [9.17, 15) is 32.3 Å². The molecule has 0 aliphatic rings. The summed E-state index contributed by atoms with van der Waals surface area (Å²) in [6.07, 6.45) is -4.60. The van der Waals surface area contributed by atoms with Gasteiger partial charge in [0.15, 0.2) is 11.5 Å². The van der Waals surface area contributed by atoms with Gasteiger partial charge >= 0.3 is 12.1 Å². The summed E-state index contributed by atoms with van der Waals surface area (Å²) in [5.41, 5.74) is 3.53. The first kappa shape index (κ1) is 26.7. The van der Waals surface area contributed by atoms with Gasteiger partial charge in [-0.2, -0.15) is 13.2 Å². The molecule has 0 saturated carbocycles. The molecular formula is C25H20F3N3O6. The van der Waals surface area contributed by atoms with Crippen molar-refractivity contribution in [2.75, 3.05) is 12.4 Å². The molecule has 0 aromatic heterocycles. The summed E-state index contributed by atoms with van der Waals surface area (Å²) in [7, 11) is 1.32. The third-order valence-electron chi connectivity index (χ3n) is 4.80. The maximum absolute atomic E-state index is 12.9. The van der Waals surface area contributed by atoms with E-state index in [2.05, 4.69) is 16.2 Å². The van der Waals surface area contributed by atoms with Crippen molar-refractivity contribution in [2.24, 2.45) is 0 Å². The van der Waals surface area contributed by atoms with E-state index in [0.29, 0.717) is 0 Å². The largest absolute Gasteiger partial charge is 0.493 e. The number of hydrogen-bond acceptors (Lipinski definition) is 6. The lowest BCUT2D eigenvalue weighted by Gasteiger charge is -2.12. The minimum absolute atomic E-state index is 0.0462. The molecule has 0 aliphatic carbocycles. The molecule has 0 saturated heterocycles. The Balaban J connectivity index is 1.65. The van der Waals surface area contributed by atoms with E-state index in [1.807, 2.05) is 0 Å². The average Bonchev–Trinajstić information content (AvgIpc) is 2.86. The monoisotopic (exact) mass is 515 g/mol. The number of benzene rings is 3. The highest BCUT2D eigenvalue weighted by Gasteiger charge is 2.30. The molecule has 0 atom stereocenters. The lowest BCUT2D eigenvalue weighted by molar-refractivity contribution is -0.137. The molecule has 0 radical (unpaired) electrons. The number of alkyl halides is 3. The minimum Gasteiger partial charge on any atom is -0.493 e. The number of methoxy groups -OCH3 is 1. The van der Waals surface area contributed by atoms with Crippen molar-refractivity contribution in [2.45, 2.75) is 13.1 Å². The summed E-state index contributed by atoms with van der Waals surface area (Å²) in [5, 5.41) is 2.43. The Morgan fingerprint density at radius 1 is 0.730 bits per heavy atom. The number of hydrogen-bond donors (Lipinski definition) is 3. The number of carbonyl (C=O) groups is 4. The first-order valence-electron chi connectivity index (χ1n) is 10.5. The summed E-state index contributed by atoms with van der Waals surface area (Å²) in [6, 6.07) is 13.5. The molecule has 37 heavy (non-hydrogen) atoms. The van der Waals surface area contributed by atoms with Gasteiger partial charge in [0.1, 0.15) is 0 Å². The van der Waals surface area contributed by atoms with Crippen molar-refractivity contribution >= 4 is 29.4 Å². The number of anilines is 1. The standard InChI is InChI=1S/C25H20F3N3O6/c1-14(32)37-20-10-9-17(13-21(20)36-2)24(35)31-30-23(34)16-6-4-8-19(12-16)29-22(33)15-5-3-7-18(11-15)25(26,27)28/h3-13H,1-2H3,(H,29,33)(H,30,34)(H,31,35). The Morgan fingerprint density at radius 3 is 1.92 bits per heavy atom. The van der Waals surface area contributed by atoms with Crippen LogP contribution in [0.2, 0.25) is 0 Å². The van der Waals surface area contributed by atoms with Crippen LogP contribution < -0.4 is 25.6 Å². The highest BCUT2D eigenvalue weighted by Crippen LogP contribution is 2.30. The lowest BCUT2D eigenvalue weighted by atomic mass is 10.1. The van der Waals surface area contributed by atoms with Gasteiger partial charge in [0.05, 0.1) is 12.7 Å². The van der Waals surface area contributed by atoms with Crippen molar-refractivity contribution in [1.29, 1.82) is 0 Å². The van der Waals surface area contributed by atoms with Crippen LogP contribution in [0.1, 0.15) is 43.6 Å². The molecule has 0 aliphatic heterocycles. The van der Waals surface area contributed by atoms with Crippen LogP contribution in [0.15, 0.2) is 66.7 Å². The normalized spacial score (nSPS) is 10.7. The predicted molar refractivity (Wildman–Crippen MR) is 125 cm³/mol. The van der Waals surface area contributed by atoms with Crippen LogP contribution in [0.25, 0.3) is 0 Å². The van der Waals surface area contributed by atoms with E-state index in [1.165, 1.54) is 62.6 Å². The number of ether oxygens (including phenoxy) is 2. The van der Waals surface area contributed by atoms with Crippen LogP contribution in [0.3, 0.4) is 0 Å². The van der Waals surface area contributed by atoms with Gasteiger partial charge in [0.2, 0.25) is 0 Å². The maximum atomic E-state index is 12.9. The Hall–Kier alpha value is -4.87. The van der Waals surface area contributed by atoms with Gasteiger partial charge in [-0.05, 0) is 54.6 Å².